The van der Waals surface area contributed by atoms with Gasteiger partial charge in [0, 0.05) is 29.3 Å². The van der Waals surface area contributed by atoms with E-state index >= 15 is 0 Å². The molecule has 0 aliphatic rings. The molecule has 3 aromatic rings. The van der Waals surface area contributed by atoms with Gasteiger partial charge >= 0.3 is 0 Å². The summed E-state index contributed by atoms with van der Waals surface area (Å²) in [5.74, 6) is -0.335. The first kappa shape index (κ1) is 17.1. The van der Waals surface area contributed by atoms with Gasteiger partial charge < -0.3 is 0 Å². The fourth-order valence-electron chi connectivity index (χ4n) is 2.54. The van der Waals surface area contributed by atoms with Crippen LogP contribution in [0.2, 0.25) is 0 Å². The molecule has 0 bridgehead atoms. The Kier molecular flexibility index (Phi) is 5.18. The first-order chi connectivity index (χ1) is 12.6. The van der Waals surface area contributed by atoms with Gasteiger partial charge in [0.1, 0.15) is 0 Å². The second kappa shape index (κ2) is 7.88. The summed E-state index contributed by atoms with van der Waals surface area (Å²) in [7, 11) is 0. The minimum atomic E-state index is -0.518. The number of non-ortho nitro benzene ring substituents is 1. The van der Waals surface area contributed by atoms with Gasteiger partial charge in [0.05, 0.1) is 4.92 Å². The summed E-state index contributed by atoms with van der Waals surface area (Å²) in [4.78, 5) is 22.8. The summed E-state index contributed by atoms with van der Waals surface area (Å²) >= 11 is 0. The fourth-order valence-corrected chi connectivity index (χ4v) is 2.54. The van der Waals surface area contributed by atoms with Gasteiger partial charge in [0.2, 0.25) is 0 Å². The number of carbonyl (C=O) groups excluding carboxylic acids is 1. The predicted molar refractivity (Wildman–Crippen MR) is 101 cm³/mol. The molecule has 0 fully saturated rings. The molecule has 0 atom stereocenters. The molecule has 126 valence electrons. The largest absolute Gasteiger partial charge is 0.289 e. The van der Waals surface area contributed by atoms with E-state index in [-0.39, 0.29) is 17.0 Å². The van der Waals surface area contributed by atoms with Crippen molar-refractivity contribution < 1.29 is 9.72 Å². The molecule has 0 aliphatic heterocycles. The van der Waals surface area contributed by atoms with Crippen molar-refractivity contribution in [2.75, 3.05) is 0 Å². The number of carbonyl (C=O) groups is 1. The maximum Gasteiger partial charge on any atom is 0.270 e. The molecule has 26 heavy (non-hydrogen) atoms. The molecule has 0 heterocycles. The first-order valence-corrected chi connectivity index (χ1v) is 8.01. The highest BCUT2D eigenvalue weighted by molar-refractivity contribution is 6.05. The Balaban J connectivity index is 2.04. The van der Waals surface area contributed by atoms with Crippen LogP contribution in [-0.4, -0.2) is 10.7 Å². The molecule has 0 aromatic heterocycles. The molecule has 0 amide bonds. The van der Waals surface area contributed by atoms with Crippen molar-refractivity contribution in [3.8, 4) is 0 Å². The highest BCUT2D eigenvalue weighted by atomic mass is 16.6. The molecular weight excluding hydrogens is 326 g/mol. The van der Waals surface area contributed by atoms with Crippen LogP contribution in [0.25, 0.3) is 5.57 Å². The number of hydrogen-bond acceptors (Lipinski definition) is 3. The lowest BCUT2D eigenvalue weighted by molar-refractivity contribution is -0.384. The summed E-state index contributed by atoms with van der Waals surface area (Å²) < 4.78 is 0. The molecule has 3 aromatic carbocycles. The molecule has 0 unspecified atom stereocenters. The SMILES string of the molecule is O=C(C=C=C(c1ccccc1)c1ccccc1)c1cccc([N+](=O)[O-])c1. The Morgan fingerprint density at radius 1 is 0.808 bits per heavy atom. The third kappa shape index (κ3) is 4.01. The van der Waals surface area contributed by atoms with Crippen LogP contribution in [-0.2, 0) is 0 Å². The number of allylic oxidation sites excluding steroid dienone is 1. The van der Waals surface area contributed by atoms with Gasteiger partial charge in [0.15, 0.2) is 5.78 Å². The Morgan fingerprint density at radius 2 is 1.35 bits per heavy atom. The van der Waals surface area contributed by atoms with E-state index in [0.29, 0.717) is 0 Å². The highest BCUT2D eigenvalue weighted by Gasteiger charge is 2.10. The zero-order valence-corrected chi connectivity index (χ0v) is 13.8. The van der Waals surface area contributed by atoms with Crippen LogP contribution >= 0.6 is 0 Å². The molecule has 0 radical (unpaired) electrons. The van der Waals surface area contributed by atoms with E-state index in [4.69, 9.17) is 0 Å². The fraction of sp³-hybridized carbons (Fsp3) is 0. The van der Waals surface area contributed by atoms with E-state index < -0.39 is 4.92 Å². The normalized spacial score (nSPS) is 9.85. The number of hydrogen-bond donors (Lipinski definition) is 0. The quantitative estimate of drug-likeness (QED) is 0.214. The lowest BCUT2D eigenvalue weighted by atomic mass is 9.98. The van der Waals surface area contributed by atoms with Gasteiger partial charge in [-0.05, 0) is 11.1 Å². The molecule has 0 spiro atoms. The second-order valence-corrected chi connectivity index (χ2v) is 5.57. The summed E-state index contributed by atoms with van der Waals surface area (Å²) in [6.07, 6.45) is 1.33. The number of benzene rings is 3. The minimum absolute atomic E-state index is 0.112. The Morgan fingerprint density at radius 3 is 1.88 bits per heavy atom. The average molecular weight is 341 g/mol. The Bertz CT molecular complexity index is 960. The standard InChI is InChI=1S/C22H15NO3/c24-22(19-12-7-13-20(16-19)23(25)26)15-14-21(17-8-3-1-4-9-17)18-10-5-2-6-11-18/h1-13,15-16H. The molecular formula is C22H15NO3. The average Bonchev–Trinajstić information content (AvgIpc) is 2.69. The summed E-state index contributed by atoms with van der Waals surface area (Å²) in [5, 5.41) is 10.9. The zero-order valence-electron chi connectivity index (χ0n) is 13.8. The van der Waals surface area contributed by atoms with E-state index in [0.717, 1.165) is 16.7 Å². The van der Waals surface area contributed by atoms with Crippen molar-refractivity contribution in [1.29, 1.82) is 0 Å². The van der Waals surface area contributed by atoms with E-state index in [1.54, 1.807) is 6.07 Å². The van der Waals surface area contributed by atoms with Crippen LogP contribution in [0, 0.1) is 10.1 Å². The van der Waals surface area contributed by atoms with Crippen LogP contribution in [0.4, 0.5) is 5.69 Å². The lowest BCUT2D eigenvalue weighted by Gasteiger charge is -2.05. The van der Waals surface area contributed by atoms with Crippen molar-refractivity contribution in [2.24, 2.45) is 0 Å². The lowest BCUT2D eigenvalue weighted by Crippen LogP contribution is -1.96. The monoisotopic (exact) mass is 341 g/mol. The maximum atomic E-state index is 12.4. The van der Waals surface area contributed by atoms with Crippen LogP contribution < -0.4 is 0 Å². The van der Waals surface area contributed by atoms with Crippen LogP contribution in [0.3, 0.4) is 0 Å². The maximum absolute atomic E-state index is 12.4. The molecule has 4 heteroatoms. The number of nitro groups is 1. The van der Waals surface area contributed by atoms with E-state index in [2.05, 4.69) is 5.73 Å². The zero-order chi connectivity index (χ0) is 18.4. The molecule has 0 N–H and O–H groups in total. The smallest absolute Gasteiger partial charge is 0.270 e. The van der Waals surface area contributed by atoms with Gasteiger partial charge in [-0.15, -0.1) is 5.73 Å². The molecule has 0 saturated carbocycles. The van der Waals surface area contributed by atoms with Gasteiger partial charge in [-0.1, -0.05) is 72.8 Å². The first-order valence-electron chi connectivity index (χ1n) is 8.01. The highest BCUT2D eigenvalue weighted by Crippen LogP contribution is 2.22. The molecule has 0 saturated heterocycles. The molecule has 4 nitrogen and oxygen atoms in total. The van der Waals surface area contributed by atoms with Gasteiger partial charge in [0.25, 0.3) is 5.69 Å². The number of ketones is 1. The molecule has 0 aliphatic carbocycles. The van der Waals surface area contributed by atoms with Crippen LogP contribution in [0.1, 0.15) is 21.5 Å². The third-order valence-electron chi connectivity index (χ3n) is 3.81. The van der Waals surface area contributed by atoms with Crippen LogP contribution in [0.5, 0.6) is 0 Å². The summed E-state index contributed by atoms with van der Waals surface area (Å²) in [6, 6.07) is 25.0. The Hall–Kier alpha value is -3.75. The van der Waals surface area contributed by atoms with Crippen molar-refractivity contribution in [1.82, 2.24) is 0 Å². The summed E-state index contributed by atoms with van der Waals surface area (Å²) in [6.45, 7) is 0. The third-order valence-corrected chi connectivity index (χ3v) is 3.81. The summed E-state index contributed by atoms with van der Waals surface area (Å²) in [5.41, 5.74) is 5.86. The Labute approximate surface area is 150 Å². The van der Waals surface area contributed by atoms with E-state index in [1.807, 2.05) is 60.7 Å². The topological polar surface area (TPSA) is 60.2 Å². The second-order valence-electron chi connectivity index (χ2n) is 5.57. The van der Waals surface area contributed by atoms with E-state index in [1.165, 1.54) is 24.3 Å². The number of nitrogens with zero attached hydrogens (tertiary/aromatic N) is 1. The van der Waals surface area contributed by atoms with Crippen molar-refractivity contribution in [2.45, 2.75) is 0 Å². The van der Waals surface area contributed by atoms with Gasteiger partial charge in [-0.2, -0.15) is 0 Å². The van der Waals surface area contributed by atoms with Crippen molar-refractivity contribution in [3.63, 3.8) is 0 Å². The number of nitro benzene ring substituents is 1. The van der Waals surface area contributed by atoms with Crippen molar-refractivity contribution >= 4 is 17.0 Å². The van der Waals surface area contributed by atoms with Crippen LogP contribution in [0.15, 0.2) is 96.7 Å². The number of rotatable bonds is 5. The van der Waals surface area contributed by atoms with Gasteiger partial charge in [-0.25, -0.2) is 0 Å². The van der Waals surface area contributed by atoms with E-state index in [9.17, 15) is 14.9 Å². The van der Waals surface area contributed by atoms with Crippen molar-refractivity contribution in [3.05, 3.63) is 124 Å². The molecule has 3 rings (SSSR count). The predicted octanol–water partition coefficient (Wildman–Crippen LogP) is 5.06. The minimum Gasteiger partial charge on any atom is -0.289 e. The van der Waals surface area contributed by atoms with Gasteiger partial charge in [-0.3, -0.25) is 14.9 Å².